The smallest absolute Gasteiger partial charge is 0.251 e. The van der Waals surface area contributed by atoms with E-state index in [9.17, 15) is 19.9 Å². The molecule has 2 heterocycles. The van der Waals surface area contributed by atoms with E-state index in [1.54, 1.807) is 12.1 Å². The number of carbonyl (C=O) groups is 2. The lowest BCUT2D eigenvalue weighted by Crippen LogP contribution is -2.32. The highest BCUT2D eigenvalue weighted by atomic mass is 32.2. The van der Waals surface area contributed by atoms with E-state index in [0.717, 1.165) is 40.7 Å². The lowest BCUT2D eigenvalue weighted by atomic mass is 10.0. The second kappa shape index (κ2) is 15.5. The van der Waals surface area contributed by atoms with Crippen molar-refractivity contribution in [1.82, 2.24) is 5.32 Å². The van der Waals surface area contributed by atoms with Crippen LogP contribution in [0.3, 0.4) is 0 Å². The molecule has 0 saturated carbocycles. The highest BCUT2D eigenvalue weighted by Gasteiger charge is 2.32. The summed E-state index contributed by atoms with van der Waals surface area (Å²) in [6, 6.07) is 20.5. The number of nitrogens with zero attached hydrogens (tertiary/aromatic N) is 1. The van der Waals surface area contributed by atoms with Gasteiger partial charge < -0.3 is 30.4 Å². The Morgan fingerprint density at radius 2 is 1.76 bits per heavy atom. The average molecular weight is 580 g/mol. The van der Waals surface area contributed by atoms with Gasteiger partial charge in [0.05, 0.1) is 18.8 Å². The number of thioether (sulfide) groups is 1. The summed E-state index contributed by atoms with van der Waals surface area (Å²) in [6.07, 6.45) is 3.95. The van der Waals surface area contributed by atoms with Gasteiger partial charge >= 0.3 is 0 Å². The molecule has 218 valence electrons. The maximum atomic E-state index is 12.4. The molecule has 1 aliphatic heterocycles. The summed E-state index contributed by atoms with van der Waals surface area (Å²) >= 11 is 1.45. The number of amides is 2. The largest absolute Gasteiger partial charge is 0.618 e. The summed E-state index contributed by atoms with van der Waals surface area (Å²) < 4.78 is 13.6. The van der Waals surface area contributed by atoms with Crippen LogP contribution < -0.4 is 15.4 Å². The number of nitrogens with one attached hydrogen (secondary N) is 2. The molecule has 0 bridgehead atoms. The number of aliphatic hydroxyl groups is 1. The van der Waals surface area contributed by atoms with Crippen molar-refractivity contribution in [2.45, 2.75) is 69.2 Å². The zero-order valence-corrected chi connectivity index (χ0v) is 24.0. The lowest BCUT2D eigenvalue weighted by Gasteiger charge is -2.36. The number of hydrogen-bond acceptors (Lipinski definition) is 7. The van der Waals surface area contributed by atoms with Crippen molar-refractivity contribution in [3.63, 3.8) is 0 Å². The summed E-state index contributed by atoms with van der Waals surface area (Å²) in [7, 11) is 0. The number of ether oxygens (including phenoxy) is 2. The van der Waals surface area contributed by atoms with E-state index in [4.69, 9.17) is 9.47 Å². The summed E-state index contributed by atoms with van der Waals surface area (Å²) in [5.41, 5.74) is 3.34. The molecule has 10 heteroatoms. The average Bonchev–Trinajstić information content (AvgIpc) is 2.98. The summed E-state index contributed by atoms with van der Waals surface area (Å²) in [5, 5.41) is 27.8. The molecule has 1 aliphatic rings. The van der Waals surface area contributed by atoms with Crippen molar-refractivity contribution in [1.29, 1.82) is 0 Å². The van der Waals surface area contributed by atoms with Crippen molar-refractivity contribution in [3.05, 3.63) is 94.8 Å². The molecule has 0 radical (unpaired) electrons. The fraction of sp³-hybridized carbons (Fsp3) is 0.387. The van der Waals surface area contributed by atoms with E-state index in [2.05, 4.69) is 10.6 Å². The van der Waals surface area contributed by atoms with Gasteiger partial charge in [0.2, 0.25) is 11.8 Å². The molecular weight excluding hydrogens is 542 g/mol. The maximum Gasteiger partial charge on any atom is 0.251 e. The Kier molecular flexibility index (Phi) is 11.6. The van der Waals surface area contributed by atoms with E-state index in [-0.39, 0.29) is 30.6 Å². The third-order valence-electron chi connectivity index (χ3n) is 6.74. The van der Waals surface area contributed by atoms with Crippen molar-refractivity contribution in [2.75, 3.05) is 17.6 Å². The Bertz CT molecular complexity index is 1270. The first-order valence-corrected chi connectivity index (χ1v) is 14.9. The number of aromatic nitrogens is 1. The van der Waals surface area contributed by atoms with E-state index < -0.39 is 6.29 Å². The minimum absolute atomic E-state index is 0.0232. The molecule has 0 spiro atoms. The van der Waals surface area contributed by atoms with Gasteiger partial charge in [0, 0.05) is 55.4 Å². The molecule has 1 aromatic heterocycles. The minimum Gasteiger partial charge on any atom is -0.618 e. The molecule has 9 nitrogen and oxygen atoms in total. The lowest BCUT2D eigenvalue weighted by molar-refractivity contribution is -0.645. The maximum absolute atomic E-state index is 12.4. The van der Waals surface area contributed by atoms with Crippen molar-refractivity contribution >= 4 is 29.3 Å². The van der Waals surface area contributed by atoms with Crippen LogP contribution in [0.15, 0.2) is 78.0 Å². The molecular formula is C31H37N3O6S. The van der Waals surface area contributed by atoms with Crippen LogP contribution in [0.2, 0.25) is 0 Å². The van der Waals surface area contributed by atoms with E-state index >= 15 is 0 Å². The Balaban J connectivity index is 1.37. The quantitative estimate of drug-likeness (QED) is 0.115. The van der Waals surface area contributed by atoms with Gasteiger partial charge in [-0.1, -0.05) is 54.6 Å². The predicted octanol–water partition coefficient (Wildman–Crippen LogP) is 4.79. The minimum atomic E-state index is -0.625. The van der Waals surface area contributed by atoms with Crippen LogP contribution in [0.4, 0.5) is 5.69 Å². The second-order valence-electron chi connectivity index (χ2n) is 9.99. The number of benzene rings is 2. The van der Waals surface area contributed by atoms with Crippen molar-refractivity contribution < 1.29 is 28.9 Å². The first-order chi connectivity index (χ1) is 19.9. The van der Waals surface area contributed by atoms with Crippen LogP contribution in [0.5, 0.6) is 0 Å². The molecule has 2 amide bonds. The van der Waals surface area contributed by atoms with Crippen LogP contribution in [-0.4, -0.2) is 35.3 Å². The summed E-state index contributed by atoms with van der Waals surface area (Å²) in [6.45, 7) is 2.10. The van der Waals surface area contributed by atoms with E-state index in [1.807, 2.05) is 54.6 Å². The number of pyridine rings is 1. The van der Waals surface area contributed by atoms with Crippen LogP contribution in [0, 0.1) is 5.21 Å². The van der Waals surface area contributed by atoms with Crippen molar-refractivity contribution in [2.24, 2.45) is 0 Å². The Morgan fingerprint density at radius 3 is 2.46 bits per heavy atom. The second-order valence-corrected chi connectivity index (χ2v) is 11.0. The Labute approximate surface area is 244 Å². The van der Waals surface area contributed by atoms with Gasteiger partial charge in [-0.3, -0.25) is 9.59 Å². The highest BCUT2D eigenvalue weighted by Crippen LogP contribution is 2.39. The van der Waals surface area contributed by atoms with Gasteiger partial charge in [0.1, 0.15) is 0 Å². The van der Waals surface area contributed by atoms with Crippen LogP contribution in [-0.2, 0) is 25.7 Å². The van der Waals surface area contributed by atoms with Crippen LogP contribution >= 0.6 is 11.8 Å². The first-order valence-electron chi connectivity index (χ1n) is 13.9. The van der Waals surface area contributed by atoms with Gasteiger partial charge in [-0.2, -0.15) is 4.73 Å². The van der Waals surface area contributed by atoms with Gasteiger partial charge in [0.25, 0.3) is 5.03 Å². The number of hydrogen-bond donors (Lipinski definition) is 3. The monoisotopic (exact) mass is 579 g/mol. The molecule has 3 N–H and O–H groups in total. The standard InChI is InChI=1S/C31H37N3O6S/c1-22(36)32-17-5-2-3-7-29(37)33-26-15-13-25(14-16-26)31-39-27(21-41-30-8-4-6-18-34(30)38)19-28(40-31)24-11-9-23(20-35)10-12-24/h4,6,8-16,18,27-28,31,35H,2-3,5,7,17,19-21H2,1H3,(H,32,36)(H,33,37)/t27-,28+,31+/m0/s1. The first kappa shape index (κ1) is 30.5. The predicted molar refractivity (Wildman–Crippen MR) is 157 cm³/mol. The van der Waals surface area contributed by atoms with Crippen LogP contribution in [0.1, 0.15) is 68.1 Å². The van der Waals surface area contributed by atoms with E-state index in [0.29, 0.717) is 35.9 Å². The molecule has 3 aromatic rings. The number of unbranched alkanes of at least 4 members (excludes halogenated alkanes) is 2. The fourth-order valence-corrected chi connectivity index (χ4v) is 5.46. The molecule has 0 unspecified atom stereocenters. The molecule has 2 aromatic carbocycles. The normalized spacial score (nSPS) is 18.5. The Hall–Kier alpha value is -3.44. The topological polar surface area (TPSA) is 124 Å². The molecule has 4 rings (SSSR count). The van der Waals surface area contributed by atoms with Gasteiger partial charge in [-0.25, -0.2) is 0 Å². The SMILES string of the molecule is CC(=O)NCCCCCC(=O)Nc1ccc([C@@H]2O[C@H](CSc3cccc[n+]3[O-])C[C@H](c3ccc(CO)cc3)O2)cc1. The van der Waals surface area contributed by atoms with Crippen LogP contribution in [0.25, 0.3) is 0 Å². The number of rotatable bonds is 13. The number of anilines is 1. The molecule has 0 aliphatic carbocycles. The number of aliphatic hydroxyl groups excluding tert-OH is 1. The zero-order valence-electron chi connectivity index (χ0n) is 23.2. The third kappa shape index (κ3) is 9.57. The molecule has 1 fully saturated rings. The fourth-order valence-electron chi connectivity index (χ4n) is 4.52. The van der Waals surface area contributed by atoms with Gasteiger partial charge in [-0.05, 0) is 42.2 Å². The number of carbonyl (C=O) groups excluding carboxylic acids is 2. The zero-order chi connectivity index (χ0) is 29.0. The highest BCUT2D eigenvalue weighted by molar-refractivity contribution is 7.99. The van der Waals surface area contributed by atoms with Gasteiger partial charge in [-0.15, -0.1) is 0 Å². The summed E-state index contributed by atoms with van der Waals surface area (Å²) in [5.74, 6) is 0.486. The third-order valence-corrected chi connectivity index (χ3v) is 7.89. The van der Waals surface area contributed by atoms with Gasteiger partial charge in [0.15, 0.2) is 12.5 Å². The Morgan fingerprint density at radius 1 is 1.00 bits per heavy atom. The molecule has 1 saturated heterocycles. The molecule has 41 heavy (non-hydrogen) atoms. The van der Waals surface area contributed by atoms with E-state index in [1.165, 1.54) is 24.9 Å². The summed E-state index contributed by atoms with van der Waals surface area (Å²) in [4.78, 5) is 23.3. The molecule has 3 atom stereocenters. The van der Waals surface area contributed by atoms with Crippen molar-refractivity contribution in [3.8, 4) is 0 Å².